The lowest BCUT2D eigenvalue weighted by molar-refractivity contribution is 0.122. The van der Waals surface area contributed by atoms with Gasteiger partial charge in [0, 0.05) is 79.4 Å². The Morgan fingerprint density at radius 2 is 1.86 bits per heavy atom. The molecule has 0 unspecified atom stereocenters. The molecule has 0 bridgehead atoms. The number of morpholine rings is 1. The van der Waals surface area contributed by atoms with Crippen molar-refractivity contribution in [2.45, 2.75) is 25.4 Å². The average molecular weight is 493 g/mol. The van der Waals surface area contributed by atoms with E-state index < -0.39 is 0 Å². The molecule has 4 aromatic rings. The molecule has 0 spiro atoms. The first kappa shape index (κ1) is 21.7. The van der Waals surface area contributed by atoms with Crippen LogP contribution in [0.3, 0.4) is 0 Å². The van der Waals surface area contributed by atoms with E-state index in [0.717, 1.165) is 71.3 Å². The predicted octanol–water partition coefficient (Wildman–Crippen LogP) is 4.10. The molecule has 0 amide bonds. The molecular formula is C26H29FN6OS. The maximum atomic E-state index is 14.5. The highest BCUT2D eigenvalue weighted by Crippen LogP contribution is 2.37. The molecule has 1 saturated carbocycles. The molecule has 0 atom stereocenters. The van der Waals surface area contributed by atoms with Crippen LogP contribution in [0.25, 0.3) is 32.5 Å². The van der Waals surface area contributed by atoms with Gasteiger partial charge in [0.05, 0.1) is 23.4 Å². The second kappa shape index (κ2) is 8.81. The minimum atomic E-state index is -0.289. The minimum absolute atomic E-state index is 0.289. The second-order valence-corrected chi connectivity index (χ2v) is 11.0. The van der Waals surface area contributed by atoms with Gasteiger partial charge in [-0.05, 0) is 37.1 Å². The number of H-pyrrole nitrogens is 1. The largest absolute Gasteiger partial charge is 0.378 e. The molecule has 35 heavy (non-hydrogen) atoms. The van der Waals surface area contributed by atoms with Crippen LogP contribution in [-0.4, -0.2) is 83.3 Å². The molecule has 182 valence electrons. The molecule has 7 rings (SSSR count). The van der Waals surface area contributed by atoms with Crippen molar-refractivity contribution in [1.82, 2.24) is 24.8 Å². The van der Waals surface area contributed by atoms with Gasteiger partial charge in [0.2, 0.25) is 0 Å². The number of nitrogens with one attached hydrogen (secondary N) is 1. The van der Waals surface area contributed by atoms with Crippen molar-refractivity contribution in [1.29, 1.82) is 0 Å². The molecular weight excluding hydrogens is 463 g/mol. The van der Waals surface area contributed by atoms with Crippen LogP contribution in [0, 0.1) is 5.82 Å². The first-order valence-corrected chi connectivity index (χ1v) is 13.4. The first-order valence-electron chi connectivity index (χ1n) is 12.6. The van der Waals surface area contributed by atoms with Gasteiger partial charge in [0.25, 0.3) is 0 Å². The van der Waals surface area contributed by atoms with Gasteiger partial charge in [-0.3, -0.25) is 9.80 Å². The molecule has 3 aliphatic rings. The Kier molecular flexibility index (Phi) is 5.46. The van der Waals surface area contributed by atoms with E-state index in [-0.39, 0.29) is 5.82 Å². The summed E-state index contributed by atoms with van der Waals surface area (Å²) in [6.07, 6.45) is 4.59. The number of halogens is 1. The second-order valence-electron chi connectivity index (χ2n) is 9.83. The number of aromatic amines is 1. The van der Waals surface area contributed by atoms with Crippen LogP contribution < -0.4 is 4.90 Å². The first-order chi connectivity index (χ1) is 17.2. The average Bonchev–Trinajstić information content (AvgIpc) is 3.48. The zero-order valence-corrected chi connectivity index (χ0v) is 20.5. The molecule has 9 heteroatoms. The number of piperazine rings is 1. The molecule has 1 aliphatic carbocycles. The summed E-state index contributed by atoms with van der Waals surface area (Å²) in [5, 5.41) is 0.933. The number of hydrogen-bond acceptors (Lipinski definition) is 7. The van der Waals surface area contributed by atoms with Crippen LogP contribution >= 0.6 is 11.3 Å². The summed E-state index contributed by atoms with van der Waals surface area (Å²) in [5.41, 5.74) is 2.43. The van der Waals surface area contributed by atoms with Crippen LogP contribution in [0.15, 0.2) is 30.5 Å². The van der Waals surface area contributed by atoms with Crippen molar-refractivity contribution >= 4 is 38.3 Å². The summed E-state index contributed by atoms with van der Waals surface area (Å²) in [7, 11) is 0. The summed E-state index contributed by atoms with van der Waals surface area (Å²) in [5.74, 6) is 1.23. The molecule has 3 aromatic heterocycles. The van der Waals surface area contributed by atoms with Gasteiger partial charge in [-0.15, -0.1) is 11.3 Å². The highest BCUT2D eigenvalue weighted by Gasteiger charge is 2.31. The van der Waals surface area contributed by atoms with Crippen molar-refractivity contribution in [2.75, 3.05) is 57.4 Å². The molecule has 3 fully saturated rings. The molecule has 1 N–H and O–H groups in total. The summed E-state index contributed by atoms with van der Waals surface area (Å²) < 4.78 is 21.2. The molecule has 7 nitrogen and oxygen atoms in total. The maximum absolute atomic E-state index is 14.5. The normalized spacial score (nSPS) is 20.3. The monoisotopic (exact) mass is 492 g/mol. The smallest absolute Gasteiger partial charge is 0.163 e. The lowest BCUT2D eigenvalue weighted by Gasteiger charge is -2.34. The van der Waals surface area contributed by atoms with Crippen molar-refractivity contribution in [3.63, 3.8) is 0 Å². The SMILES string of the molecule is Fc1cc(-c2nc(N3CCOCC3)c3sc(CN4CCN(C5CC5)CC4)cc3n2)c2cc[nH]c2c1. The van der Waals surface area contributed by atoms with Gasteiger partial charge in [-0.1, -0.05) is 0 Å². The lowest BCUT2D eigenvalue weighted by Crippen LogP contribution is -2.46. The lowest BCUT2D eigenvalue weighted by atomic mass is 10.1. The Labute approximate surface area is 207 Å². The van der Waals surface area contributed by atoms with Gasteiger partial charge in [0.1, 0.15) is 5.82 Å². The van der Waals surface area contributed by atoms with Crippen molar-refractivity contribution in [3.05, 3.63) is 41.2 Å². The fourth-order valence-corrected chi connectivity index (χ4v) is 6.57. The number of anilines is 1. The number of thiophene rings is 1. The van der Waals surface area contributed by atoms with E-state index in [9.17, 15) is 4.39 Å². The predicted molar refractivity (Wildman–Crippen MR) is 138 cm³/mol. The Morgan fingerprint density at radius 3 is 2.66 bits per heavy atom. The van der Waals surface area contributed by atoms with Gasteiger partial charge < -0.3 is 14.6 Å². The van der Waals surface area contributed by atoms with E-state index in [0.29, 0.717) is 19.0 Å². The van der Waals surface area contributed by atoms with E-state index in [2.05, 4.69) is 25.8 Å². The highest BCUT2D eigenvalue weighted by molar-refractivity contribution is 7.19. The Morgan fingerprint density at radius 1 is 1.03 bits per heavy atom. The molecule has 1 aromatic carbocycles. The summed E-state index contributed by atoms with van der Waals surface area (Å²) in [6.45, 7) is 8.49. The third-order valence-corrected chi connectivity index (χ3v) is 8.54. The number of benzene rings is 1. The van der Waals surface area contributed by atoms with Crippen molar-refractivity contribution in [3.8, 4) is 11.4 Å². The number of ether oxygens (including phenoxy) is 1. The zero-order chi connectivity index (χ0) is 23.4. The minimum Gasteiger partial charge on any atom is -0.378 e. The molecule has 0 radical (unpaired) electrons. The molecule has 2 aliphatic heterocycles. The zero-order valence-electron chi connectivity index (χ0n) is 19.7. The summed E-state index contributed by atoms with van der Waals surface area (Å²) >= 11 is 1.80. The Bertz CT molecular complexity index is 1370. The standard InChI is InChI=1S/C26H29FN6OS/c27-17-13-21(20-3-4-28-22(20)14-17)25-29-23-15-19(16-31-5-7-32(8-6-31)18-1-2-18)35-24(23)26(30-25)33-9-11-34-12-10-33/h3-4,13-15,18,28H,1-2,5-12,16H2. The van der Waals surface area contributed by atoms with Crippen LogP contribution in [-0.2, 0) is 11.3 Å². The third kappa shape index (κ3) is 4.20. The fourth-order valence-electron chi connectivity index (χ4n) is 5.42. The number of rotatable bonds is 5. The van der Waals surface area contributed by atoms with E-state index >= 15 is 0 Å². The van der Waals surface area contributed by atoms with Crippen LogP contribution in [0.2, 0.25) is 0 Å². The highest BCUT2D eigenvalue weighted by atomic mass is 32.1. The van der Waals surface area contributed by atoms with E-state index in [1.54, 1.807) is 17.4 Å². The Balaban J connectivity index is 1.26. The number of fused-ring (bicyclic) bond motifs is 2. The van der Waals surface area contributed by atoms with Crippen LogP contribution in [0.4, 0.5) is 10.2 Å². The number of nitrogens with zero attached hydrogens (tertiary/aromatic N) is 5. The Hall–Kier alpha value is -2.59. The number of aromatic nitrogens is 3. The fraction of sp³-hybridized carbons (Fsp3) is 0.462. The quantitative estimate of drug-likeness (QED) is 0.453. The number of hydrogen-bond donors (Lipinski definition) is 1. The van der Waals surface area contributed by atoms with E-state index in [1.165, 1.54) is 36.9 Å². The van der Waals surface area contributed by atoms with Crippen molar-refractivity contribution < 1.29 is 9.13 Å². The molecule has 2 saturated heterocycles. The van der Waals surface area contributed by atoms with Gasteiger partial charge in [-0.2, -0.15) is 0 Å². The summed E-state index contributed by atoms with van der Waals surface area (Å²) in [6, 6.07) is 8.10. The summed E-state index contributed by atoms with van der Waals surface area (Å²) in [4.78, 5) is 21.9. The van der Waals surface area contributed by atoms with Gasteiger partial charge in [0.15, 0.2) is 11.6 Å². The maximum Gasteiger partial charge on any atom is 0.163 e. The van der Waals surface area contributed by atoms with Gasteiger partial charge >= 0.3 is 0 Å². The third-order valence-electron chi connectivity index (χ3n) is 7.44. The van der Waals surface area contributed by atoms with Gasteiger partial charge in [-0.25, -0.2) is 14.4 Å². The van der Waals surface area contributed by atoms with E-state index in [4.69, 9.17) is 14.7 Å². The molecule has 5 heterocycles. The van der Waals surface area contributed by atoms with Crippen LogP contribution in [0.1, 0.15) is 17.7 Å². The van der Waals surface area contributed by atoms with Crippen LogP contribution in [0.5, 0.6) is 0 Å². The topological polar surface area (TPSA) is 60.5 Å². The van der Waals surface area contributed by atoms with Crippen molar-refractivity contribution in [2.24, 2.45) is 0 Å². The van der Waals surface area contributed by atoms with E-state index in [1.807, 2.05) is 12.3 Å².